The molecule has 2 aromatic rings. The fraction of sp³-hybridized carbons (Fsp3) is 0.542. The minimum absolute atomic E-state index is 0.623. The number of carboxylic acid groups (broad SMARTS) is 2. The number of imidazole rings is 1. The first-order valence-electron chi connectivity index (χ1n) is 11.8. The van der Waals surface area contributed by atoms with E-state index in [2.05, 4.69) is 56.7 Å². The minimum Gasteiger partial charge on any atom is -0.475 e. The van der Waals surface area contributed by atoms with Crippen LogP contribution in [0, 0.1) is 12.8 Å². The Balaban J connectivity index is 0.000000317. The van der Waals surface area contributed by atoms with Gasteiger partial charge in [0.05, 0.1) is 19.8 Å². The molecule has 218 valence electrons. The smallest absolute Gasteiger partial charge is 0.475 e. The molecule has 2 aliphatic rings. The largest absolute Gasteiger partial charge is 0.490 e. The first-order chi connectivity index (χ1) is 18.1. The Hall–Kier alpha value is -3.17. The van der Waals surface area contributed by atoms with Gasteiger partial charge >= 0.3 is 24.3 Å². The molecule has 1 atom stereocenters. The second-order valence-corrected chi connectivity index (χ2v) is 9.04. The van der Waals surface area contributed by atoms with Crippen molar-refractivity contribution in [2.75, 3.05) is 39.4 Å². The number of nitrogens with zero attached hydrogens (tertiary/aromatic N) is 4. The number of aliphatic carboxylic acids is 2. The topological polar surface area (TPSA) is 108 Å². The average Bonchev–Trinajstić information content (AvgIpc) is 3.18. The van der Waals surface area contributed by atoms with E-state index in [-0.39, 0.29) is 0 Å². The zero-order valence-electron chi connectivity index (χ0n) is 21.1. The summed E-state index contributed by atoms with van der Waals surface area (Å²) >= 11 is 0. The molecule has 0 bridgehead atoms. The molecule has 0 saturated carbocycles. The van der Waals surface area contributed by atoms with Crippen molar-refractivity contribution in [3.63, 3.8) is 0 Å². The van der Waals surface area contributed by atoms with Crippen molar-refractivity contribution in [1.29, 1.82) is 0 Å². The van der Waals surface area contributed by atoms with Crippen molar-refractivity contribution in [3.8, 4) is 0 Å². The molecule has 0 amide bonds. The van der Waals surface area contributed by atoms with Crippen LogP contribution in [0.2, 0.25) is 0 Å². The Bertz CT molecular complexity index is 1050. The van der Waals surface area contributed by atoms with Crippen LogP contribution in [0.4, 0.5) is 26.3 Å². The lowest BCUT2D eigenvalue weighted by Crippen LogP contribution is -2.42. The van der Waals surface area contributed by atoms with Gasteiger partial charge in [-0.25, -0.2) is 14.6 Å². The van der Waals surface area contributed by atoms with Gasteiger partial charge < -0.3 is 19.5 Å². The number of ether oxygens (including phenoxy) is 1. The molecule has 1 aromatic heterocycles. The van der Waals surface area contributed by atoms with E-state index >= 15 is 0 Å². The van der Waals surface area contributed by atoms with E-state index in [0.29, 0.717) is 5.92 Å². The van der Waals surface area contributed by atoms with Crippen LogP contribution in [0.3, 0.4) is 0 Å². The Morgan fingerprint density at radius 1 is 1.00 bits per heavy atom. The fourth-order valence-corrected chi connectivity index (χ4v) is 4.08. The number of fused-ring (bicyclic) bond motifs is 1. The Kier molecular flexibility index (Phi) is 11.7. The average molecular weight is 569 g/mol. The number of aromatic nitrogens is 2. The van der Waals surface area contributed by atoms with Crippen molar-refractivity contribution in [1.82, 2.24) is 19.4 Å². The Labute approximate surface area is 220 Å². The third-order valence-corrected chi connectivity index (χ3v) is 5.73. The van der Waals surface area contributed by atoms with Gasteiger partial charge in [-0.3, -0.25) is 9.80 Å². The quantitative estimate of drug-likeness (QED) is 0.541. The third-order valence-electron chi connectivity index (χ3n) is 5.73. The molecule has 2 N–H and O–H groups in total. The van der Waals surface area contributed by atoms with Crippen LogP contribution >= 0.6 is 0 Å². The van der Waals surface area contributed by atoms with Gasteiger partial charge in [-0.1, -0.05) is 29.8 Å². The lowest BCUT2D eigenvalue weighted by Gasteiger charge is -2.31. The van der Waals surface area contributed by atoms with Crippen LogP contribution in [-0.2, 0) is 34.0 Å². The summed E-state index contributed by atoms with van der Waals surface area (Å²) in [6.07, 6.45) is -6.09. The molecule has 0 radical (unpaired) electrons. The van der Waals surface area contributed by atoms with E-state index in [1.807, 2.05) is 6.20 Å². The van der Waals surface area contributed by atoms with E-state index in [1.165, 1.54) is 17.0 Å². The lowest BCUT2D eigenvalue weighted by atomic mass is 10.1. The van der Waals surface area contributed by atoms with Gasteiger partial charge in [0.25, 0.3) is 0 Å². The highest BCUT2D eigenvalue weighted by atomic mass is 19.4. The number of rotatable bonds is 4. The normalized spacial score (nSPS) is 18.5. The van der Waals surface area contributed by atoms with Gasteiger partial charge in [0.2, 0.25) is 0 Å². The minimum atomic E-state index is -5.08. The molecule has 4 rings (SSSR count). The standard InChI is InChI=1S/C20H28N4O.2C2HF3O2/c1-17-3-2-4-18(11-17)12-23-14-19(13-22-7-9-25-10-8-22)15-24-6-5-21-20(24)16-23;2*3-2(4,5)1(6)7/h2-6,11,19H,7-10,12-16H2,1H3;2*(H,6,7). The SMILES string of the molecule is Cc1cccc(CN2Cc3nccn3CC(CN3CCOCC3)C2)c1.O=C(O)C(F)(F)F.O=C(O)C(F)(F)F. The molecule has 0 aliphatic carbocycles. The molecule has 1 unspecified atom stereocenters. The maximum Gasteiger partial charge on any atom is 0.490 e. The summed E-state index contributed by atoms with van der Waals surface area (Å²) in [4.78, 5) is 27.5. The summed E-state index contributed by atoms with van der Waals surface area (Å²) in [6.45, 7) is 11.3. The van der Waals surface area contributed by atoms with Gasteiger partial charge in [-0.2, -0.15) is 26.3 Å². The monoisotopic (exact) mass is 568 g/mol. The van der Waals surface area contributed by atoms with Gasteiger partial charge in [0.15, 0.2) is 0 Å². The third kappa shape index (κ3) is 11.6. The van der Waals surface area contributed by atoms with Gasteiger partial charge in [-0.15, -0.1) is 0 Å². The maximum absolute atomic E-state index is 10.6. The van der Waals surface area contributed by atoms with Crippen LogP contribution < -0.4 is 0 Å². The lowest BCUT2D eigenvalue weighted by molar-refractivity contribution is -0.193. The number of morpholine rings is 1. The second kappa shape index (κ2) is 14.3. The number of benzene rings is 1. The summed E-state index contributed by atoms with van der Waals surface area (Å²) in [7, 11) is 0. The van der Waals surface area contributed by atoms with Crippen LogP contribution in [-0.4, -0.2) is 93.2 Å². The molecule has 15 heteroatoms. The number of alkyl halides is 6. The van der Waals surface area contributed by atoms with Crippen molar-refractivity contribution >= 4 is 11.9 Å². The van der Waals surface area contributed by atoms with Gasteiger partial charge in [0, 0.05) is 57.6 Å². The maximum atomic E-state index is 10.6. The summed E-state index contributed by atoms with van der Waals surface area (Å²) in [6, 6.07) is 8.87. The molecule has 3 heterocycles. The predicted molar refractivity (Wildman–Crippen MR) is 126 cm³/mol. The highest BCUT2D eigenvalue weighted by Crippen LogP contribution is 2.20. The summed E-state index contributed by atoms with van der Waals surface area (Å²) in [5, 5.41) is 14.2. The zero-order valence-corrected chi connectivity index (χ0v) is 21.1. The molecule has 9 nitrogen and oxygen atoms in total. The number of carbonyl (C=O) groups is 2. The van der Waals surface area contributed by atoms with E-state index in [1.54, 1.807) is 0 Å². The number of hydrogen-bond acceptors (Lipinski definition) is 6. The summed E-state index contributed by atoms with van der Waals surface area (Å²) in [5.74, 6) is -3.70. The molecule has 1 saturated heterocycles. The van der Waals surface area contributed by atoms with Gasteiger partial charge in [0.1, 0.15) is 5.82 Å². The highest BCUT2D eigenvalue weighted by Gasteiger charge is 2.38. The molecule has 1 fully saturated rings. The molecular formula is C24H30F6N4O5. The van der Waals surface area contributed by atoms with E-state index in [4.69, 9.17) is 24.5 Å². The molecule has 39 heavy (non-hydrogen) atoms. The van der Waals surface area contributed by atoms with E-state index in [0.717, 1.165) is 59.0 Å². The van der Waals surface area contributed by atoms with Gasteiger partial charge in [-0.05, 0) is 12.5 Å². The number of hydrogen-bond donors (Lipinski definition) is 2. The number of carboxylic acids is 2. The fourth-order valence-electron chi connectivity index (χ4n) is 4.08. The number of halogens is 6. The van der Waals surface area contributed by atoms with Crippen LogP contribution in [0.15, 0.2) is 36.7 Å². The Morgan fingerprint density at radius 2 is 1.59 bits per heavy atom. The first-order valence-corrected chi connectivity index (χ1v) is 11.8. The van der Waals surface area contributed by atoms with Crippen molar-refractivity contribution in [2.24, 2.45) is 5.92 Å². The van der Waals surface area contributed by atoms with Crippen molar-refractivity contribution in [2.45, 2.75) is 38.9 Å². The highest BCUT2D eigenvalue weighted by molar-refractivity contribution is 5.73. The first kappa shape index (κ1) is 32.0. The zero-order chi connectivity index (χ0) is 29.2. The summed E-state index contributed by atoms with van der Waals surface area (Å²) < 4.78 is 71.3. The Morgan fingerprint density at radius 3 is 2.13 bits per heavy atom. The van der Waals surface area contributed by atoms with Crippen LogP contribution in [0.5, 0.6) is 0 Å². The van der Waals surface area contributed by atoms with Crippen molar-refractivity contribution in [3.05, 3.63) is 53.6 Å². The summed E-state index contributed by atoms with van der Waals surface area (Å²) in [5.41, 5.74) is 2.73. The number of aryl methyl sites for hydroxylation is 1. The van der Waals surface area contributed by atoms with Crippen LogP contribution in [0.1, 0.15) is 17.0 Å². The van der Waals surface area contributed by atoms with E-state index < -0.39 is 24.3 Å². The van der Waals surface area contributed by atoms with Crippen molar-refractivity contribution < 1.29 is 50.9 Å². The molecule has 2 aliphatic heterocycles. The van der Waals surface area contributed by atoms with E-state index in [9.17, 15) is 26.3 Å². The van der Waals surface area contributed by atoms with Crippen LogP contribution in [0.25, 0.3) is 0 Å². The molecule has 1 aromatic carbocycles. The molecule has 0 spiro atoms. The predicted octanol–water partition coefficient (Wildman–Crippen LogP) is 3.42. The second-order valence-electron chi connectivity index (χ2n) is 9.04. The molecular weight excluding hydrogens is 538 g/mol.